The molecule has 1 aliphatic rings. The van der Waals surface area contributed by atoms with E-state index in [2.05, 4.69) is 5.32 Å². The first kappa shape index (κ1) is 17.5. The summed E-state index contributed by atoms with van der Waals surface area (Å²) < 4.78 is 18.4. The van der Waals surface area contributed by atoms with E-state index in [9.17, 15) is 14.0 Å². The summed E-state index contributed by atoms with van der Waals surface area (Å²) in [6, 6.07) is 4.27. The fourth-order valence-corrected chi connectivity index (χ4v) is 3.39. The molecule has 0 saturated heterocycles. The van der Waals surface area contributed by atoms with E-state index < -0.39 is 11.8 Å². The Kier molecular flexibility index (Phi) is 4.56. The first-order chi connectivity index (χ1) is 11.8. The van der Waals surface area contributed by atoms with Gasteiger partial charge >= 0.3 is 5.97 Å². The highest BCUT2D eigenvalue weighted by molar-refractivity contribution is 6.31. The molecular formula is C18H17ClFNO4. The number of aliphatic carboxylic acids is 1. The van der Waals surface area contributed by atoms with Gasteiger partial charge in [-0.2, -0.15) is 0 Å². The van der Waals surface area contributed by atoms with Gasteiger partial charge in [0, 0.05) is 22.5 Å². The number of carboxylic acid groups (broad SMARTS) is 1. The fourth-order valence-electron chi connectivity index (χ4n) is 3.02. The highest BCUT2D eigenvalue weighted by Crippen LogP contribution is 2.50. The molecule has 132 valence electrons. The van der Waals surface area contributed by atoms with Gasteiger partial charge in [-0.1, -0.05) is 17.7 Å². The number of hydrogen-bond acceptors (Lipinski definition) is 3. The van der Waals surface area contributed by atoms with Gasteiger partial charge in [-0.3, -0.25) is 9.59 Å². The van der Waals surface area contributed by atoms with Crippen LogP contribution < -0.4 is 5.32 Å². The lowest BCUT2D eigenvalue weighted by Crippen LogP contribution is -2.33. The largest absolute Gasteiger partial charge is 0.481 e. The van der Waals surface area contributed by atoms with Crippen molar-refractivity contribution in [2.45, 2.75) is 31.6 Å². The Bertz CT molecular complexity index is 842. The summed E-state index contributed by atoms with van der Waals surface area (Å²) in [7, 11) is 0. The fraction of sp³-hybridized carbons (Fsp3) is 0.333. The standard InChI is InChI=1S/C18H17ClFNO4/c1-10-8-25-14(7-15(22)23)16(10)17(24)21-9-18(4-5-18)12-3-2-11(20)6-13(12)19/h2-3,6,8H,4-5,7,9H2,1H3,(H,21,24)(H,22,23). The zero-order valence-corrected chi connectivity index (χ0v) is 14.3. The molecule has 1 saturated carbocycles. The van der Waals surface area contributed by atoms with Crippen LogP contribution in [0.15, 0.2) is 28.9 Å². The monoisotopic (exact) mass is 365 g/mol. The summed E-state index contributed by atoms with van der Waals surface area (Å²) in [5.74, 6) is -1.72. The van der Waals surface area contributed by atoms with Crippen molar-refractivity contribution in [3.8, 4) is 0 Å². The average Bonchev–Trinajstić information content (AvgIpc) is 3.23. The molecule has 0 bridgehead atoms. The van der Waals surface area contributed by atoms with Gasteiger partial charge in [-0.25, -0.2) is 4.39 Å². The highest BCUT2D eigenvalue weighted by Gasteiger charge is 2.45. The van der Waals surface area contributed by atoms with Crippen molar-refractivity contribution in [2.24, 2.45) is 0 Å². The number of benzene rings is 1. The zero-order valence-electron chi connectivity index (χ0n) is 13.6. The molecule has 0 unspecified atom stereocenters. The molecule has 0 aliphatic heterocycles. The van der Waals surface area contributed by atoms with Crippen molar-refractivity contribution < 1.29 is 23.5 Å². The molecule has 1 aliphatic carbocycles. The molecule has 7 heteroatoms. The Balaban J connectivity index is 1.75. The van der Waals surface area contributed by atoms with Crippen LogP contribution in [0.1, 0.15) is 40.1 Å². The van der Waals surface area contributed by atoms with E-state index in [-0.39, 0.29) is 29.1 Å². The van der Waals surface area contributed by atoms with Gasteiger partial charge in [0.25, 0.3) is 5.91 Å². The number of aryl methyl sites for hydroxylation is 1. The quantitative estimate of drug-likeness (QED) is 0.821. The normalized spacial score (nSPS) is 15.0. The third-order valence-electron chi connectivity index (χ3n) is 4.53. The van der Waals surface area contributed by atoms with Crippen LogP contribution in [0, 0.1) is 12.7 Å². The van der Waals surface area contributed by atoms with Gasteiger partial charge in [0.1, 0.15) is 18.0 Å². The van der Waals surface area contributed by atoms with Gasteiger partial charge in [0.2, 0.25) is 0 Å². The minimum Gasteiger partial charge on any atom is -0.481 e. The van der Waals surface area contributed by atoms with Gasteiger partial charge in [-0.05, 0) is 37.5 Å². The van der Waals surface area contributed by atoms with E-state index in [0.29, 0.717) is 17.1 Å². The molecule has 2 aromatic rings. The number of carboxylic acids is 1. The van der Waals surface area contributed by atoms with E-state index >= 15 is 0 Å². The first-order valence-corrected chi connectivity index (χ1v) is 8.23. The van der Waals surface area contributed by atoms with Gasteiger partial charge in [0.05, 0.1) is 11.8 Å². The number of halogens is 2. The minimum absolute atomic E-state index is 0.132. The summed E-state index contributed by atoms with van der Waals surface area (Å²) in [6.45, 7) is 2.03. The Morgan fingerprint density at radius 2 is 2.12 bits per heavy atom. The maximum Gasteiger partial charge on any atom is 0.311 e. The smallest absolute Gasteiger partial charge is 0.311 e. The Labute approximate surface area is 148 Å². The molecule has 1 aromatic heterocycles. The zero-order chi connectivity index (χ0) is 18.2. The van der Waals surface area contributed by atoms with E-state index in [0.717, 1.165) is 18.4 Å². The maximum atomic E-state index is 13.2. The summed E-state index contributed by atoms with van der Waals surface area (Å²) in [6.07, 6.45) is 2.69. The number of hydrogen-bond donors (Lipinski definition) is 2. The second kappa shape index (κ2) is 6.52. The van der Waals surface area contributed by atoms with Crippen LogP contribution in [0.5, 0.6) is 0 Å². The minimum atomic E-state index is -1.07. The molecule has 0 radical (unpaired) electrons. The van der Waals surface area contributed by atoms with Crippen LogP contribution in [0.4, 0.5) is 4.39 Å². The maximum absolute atomic E-state index is 13.2. The third-order valence-corrected chi connectivity index (χ3v) is 4.85. The lowest BCUT2D eigenvalue weighted by molar-refractivity contribution is -0.136. The molecule has 1 amide bonds. The van der Waals surface area contributed by atoms with Crippen LogP contribution in [0.2, 0.25) is 5.02 Å². The summed E-state index contributed by atoms with van der Waals surface area (Å²) in [5.41, 5.74) is 1.35. The number of carbonyl (C=O) groups excluding carboxylic acids is 1. The molecular weight excluding hydrogens is 349 g/mol. The molecule has 3 rings (SSSR count). The molecule has 2 N–H and O–H groups in total. The molecule has 0 atom stereocenters. The van der Waals surface area contributed by atoms with Crippen molar-refractivity contribution in [1.29, 1.82) is 0 Å². The SMILES string of the molecule is Cc1coc(CC(=O)O)c1C(=O)NCC1(c2ccc(F)cc2Cl)CC1. The van der Waals surface area contributed by atoms with Crippen molar-refractivity contribution in [1.82, 2.24) is 5.32 Å². The topological polar surface area (TPSA) is 79.5 Å². The molecule has 0 spiro atoms. The number of amides is 1. The van der Waals surface area contributed by atoms with E-state index in [1.807, 2.05) is 0 Å². The number of nitrogens with one attached hydrogen (secondary N) is 1. The molecule has 25 heavy (non-hydrogen) atoms. The Morgan fingerprint density at radius 1 is 1.40 bits per heavy atom. The predicted molar refractivity (Wildman–Crippen MR) is 89.4 cm³/mol. The molecule has 5 nitrogen and oxygen atoms in total. The molecule has 1 fully saturated rings. The summed E-state index contributed by atoms with van der Waals surface area (Å²) >= 11 is 6.14. The van der Waals surface area contributed by atoms with Gasteiger partial charge in [0.15, 0.2) is 0 Å². The van der Waals surface area contributed by atoms with E-state index in [1.165, 1.54) is 18.4 Å². The van der Waals surface area contributed by atoms with E-state index in [4.69, 9.17) is 21.1 Å². The van der Waals surface area contributed by atoms with Crippen LogP contribution in [-0.2, 0) is 16.6 Å². The van der Waals surface area contributed by atoms with Crippen molar-refractivity contribution in [3.05, 3.63) is 57.8 Å². The number of carbonyl (C=O) groups is 2. The highest BCUT2D eigenvalue weighted by atomic mass is 35.5. The number of furan rings is 1. The average molecular weight is 366 g/mol. The number of rotatable bonds is 6. The van der Waals surface area contributed by atoms with Crippen molar-refractivity contribution >= 4 is 23.5 Å². The first-order valence-electron chi connectivity index (χ1n) is 7.85. The Morgan fingerprint density at radius 3 is 2.72 bits per heavy atom. The van der Waals surface area contributed by atoms with Gasteiger partial charge < -0.3 is 14.8 Å². The lowest BCUT2D eigenvalue weighted by atomic mass is 9.95. The lowest BCUT2D eigenvalue weighted by Gasteiger charge is -2.18. The van der Waals surface area contributed by atoms with Crippen LogP contribution in [0.3, 0.4) is 0 Å². The van der Waals surface area contributed by atoms with Gasteiger partial charge in [-0.15, -0.1) is 0 Å². The second-order valence-electron chi connectivity index (χ2n) is 6.37. The van der Waals surface area contributed by atoms with Crippen LogP contribution in [-0.4, -0.2) is 23.5 Å². The molecule has 1 heterocycles. The van der Waals surface area contributed by atoms with Crippen molar-refractivity contribution in [3.63, 3.8) is 0 Å². The van der Waals surface area contributed by atoms with E-state index in [1.54, 1.807) is 13.0 Å². The van der Waals surface area contributed by atoms with Crippen LogP contribution in [0.25, 0.3) is 0 Å². The molecule has 1 aromatic carbocycles. The Hall–Kier alpha value is -2.34. The predicted octanol–water partition coefficient (Wildman–Crippen LogP) is 3.47. The van der Waals surface area contributed by atoms with Crippen molar-refractivity contribution in [2.75, 3.05) is 6.54 Å². The van der Waals surface area contributed by atoms with Crippen LogP contribution >= 0.6 is 11.6 Å². The second-order valence-corrected chi connectivity index (χ2v) is 6.78. The third kappa shape index (κ3) is 3.54. The summed E-state index contributed by atoms with van der Waals surface area (Å²) in [5, 5.41) is 12.1. The summed E-state index contributed by atoms with van der Waals surface area (Å²) in [4.78, 5) is 23.4.